The lowest BCUT2D eigenvalue weighted by Crippen LogP contribution is -2.07. The molecule has 0 saturated carbocycles. The summed E-state index contributed by atoms with van der Waals surface area (Å²) in [5, 5.41) is 3.21. The third-order valence-corrected chi connectivity index (χ3v) is 2.47. The molecular weight excluding hydrogens is 194 g/mol. The lowest BCUT2D eigenvalue weighted by Gasteiger charge is -2.05. The normalized spacial score (nSPS) is 9.43. The van der Waals surface area contributed by atoms with Crippen LogP contribution in [0.15, 0.2) is 12.4 Å². The number of anilines is 1. The van der Waals surface area contributed by atoms with Crippen LogP contribution < -0.4 is 5.32 Å². The Hall–Kier alpha value is -1.21. The Morgan fingerprint density at radius 3 is 3.00 bits per heavy atom. The maximum atomic E-state index is 5.13. The van der Waals surface area contributed by atoms with Gasteiger partial charge in [0.2, 0.25) is 0 Å². The minimum atomic E-state index is 0.765. The van der Waals surface area contributed by atoms with Crippen LogP contribution in [-0.4, -0.2) is 28.0 Å². The molecule has 0 spiro atoms. The summed E-state index contributed by atoms with van der Waals surface area (Å²) in [6, 6.07) is 0. The first kappa shape index (κ1) is 10.9. The number of thioether (sulfide) groups is 1. The smallest absolute Gasteiger partial charge is 0.147 e. The van der Waals surface area contributed by atoms with Gasteiger partial charge < -0.3 is 5.32 Å². The predicted molar refractivity (Wildman–Crippen MR) is 61.4 cm³/mol. The number of nitrogens with zero attached hydrogens (tertiary/aromatic N) is 2. The molecule has 0 amide bonds. The molecular formula is C10H13N3S. The highest BCUT2D eigenvalue weighted by Crippen LogP contribution is 2.06. The van der Waals surface area contributed by atoms with Crippen LogP contribution in [-0.2, 0) is 0 Å². The fourth-order valence-corrected chi connectivity index (χ4v) is 1.46. The van der Waals surface area contributed by atoms with Gasteiger partial charge in [-0.25, -0.2) is 4.98 Å². The molecule has 3 nitrogen and oxygen atoms in total. The van der Waals surface area contributed by atoms with Crippen LogP contribution in [0.2, 0.25) is 0 Å². The number of terminal acetylenes is 1. The molecule has 74 valence electrons. The summed E-state index contributed by atoms with van der Waals surface area (Å²) in [5.41, 5.74) is 0.925. The standard InChI is InChI=1S/C10H13N3S/c1-3-7-14-8-6-13-10-9(2)11-4-5-12-10/h1,4-5H,6-8H2,2H3,(H,12,13). The Balaban J connectivity index is 2.25. The number of hydrogen-bond acceptors (Lipinski definition) is 4. The zero-order valence-corrected chi connectivity index (χ0v) is 8.97. The largest absolute Gasteiger partial charge is 0.368 e. The second-order valence-electron chi connectivity index (χ2n) is 2.67. The molecule has 0 radical (unpaired) electrons. The maximum Gasteiger partial charge on any atom is 0.147 e. The Morgan fingerprint density at radius 2 is 2.29 bits per heavy atom. The zero-order chi connectivity index (χ0) is 10.2. The van der Waals surface area contributed by atoms with Crippen molar-refractivity contribution in [3.8, 4) is 12.3 Å². The number of hydrogen-bond donors (Lipinski definition) is 1. The van der Waals surface area contributed by atoms with E-state index in [1.54, 1.807) is 24.2 Å². The van der Waals surface area contributed by atoms with Gasteiger partial charge in [-0.05, 0) is 6.92 Å². The molecule has 0 unspecified atom stereocenters. The van der Waals surface area contributed by atoms with Crippen molar-refractivity contribution in [3.63, 3.8) is 0 Å². The first-order chi connectivity index (χ1) is 6.84. The van der Waals surface area contributed by atoms with Gasteiger partial charge in [-0.2, -0.15) is 0 Å². The van der Waals surface area contributed by atoms with E-state index in [4.69, 9.17) is 6.42 Å². The first-order valence-corrected chi connectivity index (χ1v) is 5.52. The van der Waals surface area contributed by atoms with Crippen molar-refractivity contribution in [3.05, 3.63) is 18.1 Å². The monoisotopic (exact) mass is 207 g/mol. The Morgan fingerprint density at radius 1 is 1.50 bits per heavy atom. The molecule has 1 aromatic heterocycles. The highest BCUT2D eigenvalue weighted by atomic mass is 32.2. The van der Waals surface area contributed by atoms with E-state index in [1.807, 2.05) is 6.92 Å². The van der Waals surface area contributed by atoms with E-state index in [-0.39, 0.29) is 0 Å². The summed E-state index contributed by atoms with van der Waals surface area (Å²) in [6.07, 6.45) is 8.50. The fourth-order valence-electron chi connectivity index (χ4n) is 0.954. The van der Waals surface area contributed by atoms with Gasteiger partial charge >= 0.3 is 0 Å². The summed E-state index contributed by atoms with van der Waals surface area (Å²) in [7, 11) is 0. The summed E-state index contributed by atoms with van der Waals surface area (Å²) >= 11 is 1.73. The average Bonchev–Trinajstić information content (AvgIpc) is 2.20. The van der Waals surface area contributed by atoms with Crippen LogP contribution in [0.1, 0.15) is 5.69 Å². The molecule has 0 aliphatic heterocycles. The van der Waals surface area contributed by atoms with Crippen LogP contribution >= 0.6 is 11.8 Å². The number of nitrogens with one attached hydrogen (secondary N) is 1. The van der Waals surface area contributed by atoms with E-state index in [0.717, 1.165) is 29.6 Å². The van der Waals surface area contributed by atoms with Gasteiger partial charge in [0, 0.05) is 24.7 Å². The molecule has 14 heavy (non-hydrogen) atoms. The van der Waals surface area contributed by atoms with Crippen LogP contribution in [0.4, 0.5) is 5.82 Å². The van der Waals surface area contributed by atoms with Crippen LogP contribution in [0, 0.1) is 19.3 Å². The van der Waals surface area contributed by atoms with Crippen molar-refractivity contribution in [1.29, 1.82) is 0 Å². The molecule has 0 aliphatic rings. The molecule has 1 rings (SSSR count). The third kappa shape index (κ3) is 3.67. The number of rotatable bonds is 5. The van der Waals surface area contributed by atoms with E-state index in [2.05, 4.69) is 21.2 Å². The van der Waals surface area contributed by atoms with Crippen molar-refractivity contribution < 1.29 is 0 Å². The van der Waals surface area contributed by atoms with E-state index in [1.165, 1.54) is 0 Å². The second kappa shape index (κ2) is 6.28. The molecule has 1 aromatic rings. The van der Waals surface area contributed by atoms with Gasteiger partial charge in [-0.1, -0.05) is 5.92 Å². The summed E-state index contributed by atoms with van der Waals surface area (Å²) in [4.78, 5) is 8.30. The summed E-state index contributed by atoms with van der Waals surface area (Å²) in [5.74, 6) is 5.19. The SMILES string of the molecule is C#CCSCCNc1nccnc1C. The average molecular weight is 207 g/mol. The van der Waals surface area contributed by atoms with Gasteiger partial charge in [-0.3, -0.25) is 4.98 Å². The van der Waals surface area contributed by atoms with Crippen LogP contribution in [0.25, 0.3) is 0 Å². The molecule has 0 saturated heterocycles. The molecule has 0 aromatic carbocycles. The van der Waals surface area contributed by atoms with Gasteiger partial charge in [-0.15, -0.1) is 18.2 Å². The van der Waals surface area contributed by atoms with E-state index in [9.17, 15) is 0 Å². The minimum Gasteiger partial charge on any atom is -0.368 e. The molecule has 4 heteroatoms. The number of aromatic nitrogens is 2. The summed E-state index contributed by atoms with van der Waals surface area (Å²) < 4.78 is 0. The fraction of sp³-hybridized carbons (Fsp3) is 0.400. The maximum absolute atomic E-state index is 5.13. The van der Waals surface area contributed by atoms with Gasteiger partial charge in [0.05, 0.1) is 11.4 Å². The van der Waals surface area contributed by atoms with Crippen molar-refractivity contribution in [2.75, 3.05) is 23.4 Å². The van der Waals surface area contributed by atoms with Gasteiger partial charge in [0.15, 0.2) is 0 Å². The van der Waals surface area contributed by atoms with Gasteiger partial charge in [0.1, 0.15) is 5.82 Å². The Bertz CT molecular complexity index is 319. The van der Waals surface area contributed by atoms with Crippen molar-refractivity contribution in [2.45, 2.75) is 6.92 Å². The van der Waals surface area contributed by atoms with Crippen LogP contribution in [0.5, 0.6) is 0 Å². The highest BCUT2D eigenvalue weighted by molar-refractivity contribution is 7.99. The van der Waals surface area contributed by atoms with E-state index in [0.29, 0.717) is 0 Å². The molecule has 0 bridgehead atoms. The predicted octanol–water partition coefficient (Wildman–Crippen LogP) is 1.56. The molecule has 1 heterocycles. The minimum absolute atomic E-state index is 0.765. The van der Waals surface area contributed by atoms with Crippen LogP contribution in [0.3, 0.4) is 0 Å². The first-order valence-electron chi connectivity index (χ1n) is 4.37. The molecule has 0 atom stereocenters. The molecule has 0 aliphatic carbocycles. The molecule has 1 N–H and O–H groups in total. The van der Waals surface area contributed by atoms with E-state index < -0.39 is 0 Å². The zero-order valence-electron chi connectivity index (χ0n) is 8.16. The quantitative estimate of drug-likeness (QED) is 0.587. The van der Waals surface area contributed by atoms with Crippen molar-refractivity contribution in [2.24, 2.45) is 0 Å². The van der Waals surface area contributed by atoms with Gasteiger partial charge in [0.25, 0.3) is 0 Å². The highest BCUT2D eigenvalue weighted by Gasteiger charge is 1.97. The molecule has 0 fully saturated rings. The number of aryl methyl sites for hydroxylation is 1. The Labute approximate surface area is 88.7 Å². The second-order valence-corrected chi connectivity index (χ2v) is 3.78. The lowest BCUT2D eigenvalue weighted by molar-refractivity contribution is 1.08. The third-order valence-electron chi connectivity index (χ3n) is 1.61. The van der Waals surface area contributed by atoms with E-state index >= 15 is 0 Å². The Kier molecular flexibility index (Phi) is 4.87. The van der Waals surface area contributed by atoms with Crippen molar-refractivity contribution in [1.82, 2.24) is 9.97 Å². The summed E-state index contributed by atoms with van der Waals surface area (Å²) in [6.45, 7) is 2.80. The topological polar surface area (TPSA) is 37.8 Å². The van der Waals surface area contributed by atoms with Crippen molar-refractivity contribution >= 4 is 17.6 Å². The lowest BCUT2D eigenvalue weighted by atomic mass is 10.4.